The second-order valence-electron chi connectivity index (χ2n) is 5.56. The number of aliphatic hydroxyl groups excluding tert-OH is 1. The highest BCUT2D eigenvalue weighted by molar-refractivity contribution is 6.09. The predicted molar refractivity (Wildman–Crippen MR) is 74.2 cm³/mol. The average molecular weight is 274 g/mol. The molecule has 0 bridgehead atoms. The maximum absolute atomic E-state index is 12.4. The quantitative estimate of drug-likeness (QED) is 0.801. The van der Waals surface area contributed by atoms with Crippen molar-refractivity contribution in [1.82, 2.24) is 4.90 Å². The summed E-state index contributed by atoms with van der Waals surface area (Å²) in [5, 5.41) is 9.24. The first-order chi connectivity index (χ1) is 9.56. The summed E-state index contributed by atoms with van der Waals surface area (Å²) in [7, 11) is 0. The van der Waals surface area contributed by atoms with Crippen LogP contribution < -0.4 is 4.90 Å². The van der Waals surface area contributed by atoms with E-state index in [0.717, 1.165) is 11.3 Å². The first-order valence-electron chi connectivity index (χ1n) is 6.91. The van der Waals surface area contributed by atoms with Crippen LogP contribution in [0, 0.1) is 12.8 Å². The summed E-state index contributed by atoms with van der Waals surface area (Å²) in [5.41, 5.74) is 1.99. The number of aryl methyl sites for hydroxylation is 1. The highest BCUT2D eigenvalue weighted by Crippen LogP contribution is 2.27. The van der Waals surface area contributed by atoms with E-state index in [9.17, 15) is 14.7 Å². The average Bonchev–Trinajstić information content (AvgIpc) is 2.77. The Labute approximate surface area is 117 Å². The number of hydrogen-bond acceptors (Lipinski definition) is 3. The number of anilines is 1. The molecule has 3 rings (SSSR count). The number of carbonyl (C=O) groups is 2. The Bertz CT molecular complexity index is 535. The zero-order valence-electron chi connectivity index (χ0n) is 11.5. The second kappa shape index (κ2) is 4.90. The standard InChI is InChI=1S/C15H18N2O3/c1-10-2-4-11(5-3-10)17-7-6-13(15(17)20)14(19)16-8-12(18)9-16/h2-5,12-13,18H,6-9H2,1H3/t13-/m1/s1. The summed E-state index contributed by atoms with van der Waals surface area (Å²) in [5.74, 6) is -0.848. The van der Waals surface area contributed by atoms with Crippen molar-refractivity contribution in [3.8, 4) is 0 Å². The molecule has 1 N–H and O–H groups in total. The maximum atomic E-state index is 12.4. The molecule has 2 aliphatic rings. The highest BCUT2D eigenvalue weighted by Gasteiger charge is 2.42. The zero-order chi connectivity index (χ0) is 14.3. The lowest BCUT2D eigenvalue weighted by atomic mass is 10.0. The van der Waals surface area contributed by atoms with E-state index in [2.05, 4.69) is 0 Å². The summed E-state index contributed by atoms with van der Waals surface area (Å²) >= 11 is 0. The summed E-state index contributed by atoms with van der Waals surface area (Å²) in [6.07, 6.45) is 0.127. The molecule has 106 valence electrons. The molecule has 1 aromatic rings. The van der Waals surface area contributed by atoms with E-state index < -0.39 is 12.0 Å². The molecule has 0 saturated carbocycles. The number of benzene rings is 1. The van der Waals surface area contributed by atoms with Gasteiger partial charge < -0.3 is 14.9 Å². The van der Waals surface area contributed by atoms with E-state index in [0.29, 0.717) is 26.1 Å². The van der Waals surface area contributed by atoms with Gasteiger partial charge in [-0.25, -0.2) is 0 Å². The van der Waals surface area contributed by atoms with E-state index in [1.807, 2.05) is 31.2 Å². The maximum Gasteiger partial charge on any atom is 0.239 e. The van der Waals surface area contributed by atoms with Gasteiger partial charge in [-0.05, 0) is 25.5 Å². The fourth-order valence-corrected chi connectivity index (χ4v) is 2.75. The molecule has 2 saturated heterocycles. The number of nitrogens with zero attached hydrogens (tertiary/aromatic N) is 2. The van der Waals surface area contributed by atoms with Crippen LogP contribution in [0.5, 0.6) is 0 Å². The minimum Gasteiger partial charge on any atom is -0.389 e. The Hall–Kier alpha value is -1.88. The summed E-state index contributed by atoms with van der Waals surface area (Å²) in [6.45, 7) is 3.28. The monoisotopic (exact) mass is 274 g/mol. The van der Waals surface area contributed by atoms with Crippen molar-refractivity contribution in [2.24, 2.45) is 5.92 Å². The van der Waals surface area contributed by atoms with E-state index in [-0.39, 0.29) is 11.8 Å². The molecule has 0 aliphatic carbocycles. The van der Waals surface area contributed by atoms with Crippen LogP contribution in [0.4, 0.5) is 5.69 Å². The van der Waals surface area contributed by atoms with Crippen LogP contribution in [0.25, 0.3) is 0 Å². The Balaban J connectivity index is 1.70. The summed E-state index contributed by atoms with van der Waals surface area (Å²) < 4.78 is 0. The first kappa shape index (κ1) is 13.1. The predicted octanol–water partition coefficient (Wildman–Crippen LogP) is 0.551. The van der Waals surface area contributed by atoms with Gasteiger partial charge in [0.2, 0.25) is 11.8 Å². The number of carbonyl (C=O) groups excluding carboxylic acids is 2. The Morgan fingerprint density at radius 1 is 1.25 bits per heavy atom. The van der Waals surface area contributed by atoms with Gasteiger partial charge in [-0.3, -0.25) is 9.59 Å². The van der Waals surface area contributed by atoms with Crippen molar-refractivity contribution in [3.05, 3.63) is 29.8 Å². The zero-order valence-corrected chi connectivity index (χ0v) is 11.5. The molecule has 20 heavy (non-hydrogen) atoms. The van der Waals surface area contributed by atoms with Gasteiger partial charge in [0.15, 0.2) is 0 Å². The number of hydrogen-bond donors (Lipinski definition) is 1. The van der Waals surface area contributed by atoms with Gasteiger partial charge in [-0.15, -0.1) is 0 Å². The fraction of sp³-hybridized carbons (Fsp3) is 0.467. The van der Waals surface area contributed by atoms with Crippen LogP contribution in [0.15, 0.2) is 24.3 Å². The summed E-state index contributed by atoms with van der Waals surface area (Å²) in [4.78, 5) is 27.8. The molecule has 2 heterocycles. The number of likely N-dealkylation sites (tertiary alicyclic amines) is 1. The van der Waals surface area contributed by atoms with E-state index in [1.165, 1.54) is 0 Å². The Morgan fingerprint density at radius 3 is 2.50 bits per heavy atom. The fourth-order valence-electron chi connectivity index (χ4n) is 2.75. The third-order valence-corrected chi connectivity index (χ3v) is 4.02. The Kier molecular flexibility index (Phi) is 3.22. The number of β-amino-alcohol motifs (C(OH)–C–C–N with tert-alkyl or cyclic N) is 1. The first-order valence-corrected chi connectivity index (χ1v) is 6.91. The van der Waals surface area contributed by atoms with Gasteiger partial charge in [0, 0.05) is 25.3 Å². The van der Waals surface area contributed by atoms with Gasteiger partial charge >= 0.3 is 0 Å². The molecule has 0 radical (unpaired) electrons. The van der Waals surface area contributed by atoms with Crippen LogP contribution in [-0.4, -0.2) is 47.6 Å². The molecule has 2 aliphatic heterocycles. The van der Waals surface area contributed by atoms with E-state index in [4.69, 9.17) is 0 Å². The molecule has 2 fully saturated rings. The second-order valence-corrected chi connectivity index (χ2v) is 5.56. The Morgan fingerprint density at radius 2 is 1.90 bits per heavy atom. The van der Waals surface area contributed by atoms with Crippen molar-refractivity contribution in [2.45, 2.75) is 19.4 Å². The van der Waals surface area contributed by atoms with Crippen LogP contribution in [0.1, 0.15) is 12.0 Å². The van der Waals surface area contributed by atoms with Gasteiger partial charge in [0.05, 0.1) is 6.10 Å². The van der Waals surface area contributed by atoms with Crippen LogP contribution in [0.3, 0.4) is 0 Å². The molecule has 5 nitrogen and oxygen atoms in total. The van der Waals surface area contributed by atoms with Crippen LogP contribution in [-0.2, 0) is 9.59 Å². The largest absolute Gasteiger partial charge is 0.389 e. The number of rotatable bonds is 2. The SMILES string of the molecule is Cc1ccc(N2CC[C@H](C(=O)N3CC(O)C3)C2=O)cc1. The molecule has 1 atom stereocenters. The van der Waals surface area contributed by atoms with Crippen LogP contribution in [0.2, 0.25) is 0 Å². The molecule has 2 amide bonds. The third kappa shape index (κ3) is 2.18. The van der Waals surface area contributed by atoms with Gasteiger partial charge in [-0.1, -0.05) is 17.7 Å². The molecule has 1 aromatic carbocycles. The number of aliphatic hydroxyl groups is 1. The minimum atomic E-state index is -0.580. The van der Waals surface area contributed by atoms with E-state index >= 15 is 0 Å². The molecule has 0 unspecified atom stereocenters. The van der Waals surface area contributed by atoms with Crippen molar-refractivity contribution >= 4 is 17.5 Å². The third-order valence-electron chi connectivity index (χ3n) is 4.02. The van der Waals surface area contributed by atoms with Crippen LogP contribution >= 0.6 is 0 Å². The molecule has 0 aromatic heterocycles. The minimum absolute atomic E-state index is 0.125. The van der Waals surface area contributed by atoms with Crippen molar-refractivity contribution in [3.63, 3.8) is 0 Å². The van der Waals surface area contributed by atoms with Gasteiger partial charge in [-0.2, -0.15) is 0 Å². The van der Waals surface area contributed by atoms with E-state index in [1.54, 1.807) is 9.80 Å². The lowest BCUT2D eigenvalue weighted by Gasteiger charge is -2.37. The van der Waals surface area contributed by atoms with Gasteiger partial charge in [0.1, 0.15) is 5.92 Å². The van der Waals surface area contributed by atoms with Crippen molar-refractivity contribution < 1.29 is 14.7 Å². The lowest BCUT2D eigenvalue weighted by molar-refractivity contribution is -0.148. The highest BCUT2D eigenvalue weighted by atomic mass is 16.3. The lowest BCUT2D eigenvalue weighted by Crippen LogP contribution is -2.56. The molecule has 0 spiro atoms. The molecular formula is C15H18N2O3. The van der Waals surface area contributed by atoms with Gasteiger partial charge in [0.25, 0.3) is 0 Å². The topological polar surface area (TPSA) is 60.9 Å². The molecule has 5 heteroatoms. The number of amides is 2. The normalized spacial score (nSPS) is 23.1. The molecular weight excluding hydrogens is 256 g/mol. The van der Waals surface area contributed by atoms with Crippen molar-refractivity contribution in [2.75, 3.05) is 24.5 Å². The van der Waals surface area contributed by atoms with Crippen molar-refractivity contribution in [1.29, 1.82) is 0 Å². The smallest absolute Gasteiger partial charge is 0.239 e. The summed E-state index contributed by atoms with van der Waals surface area (Å²) in [6, 6.07) is 7.74.